The second kappa shape index (κ2) is 7.73. The smallest absolute Gasteiger partial charge is 0.234 e. The minimum Gasteiger partial charge on any atom is -0.369 e. The molecule has 2 atom stereocenters. The Bertz CT molecular complexity index is 727. The van der Waals surface area contributed by atoms with Gasteiger partial charge < -0.3 is 5.73 Å². The van der Waals surface area contributed by atoms with E-state index in [1.54, 1.807) is 13.2 Å². The number of nitrogens with zero attached hydrogens (tertiary/aromatic N) is 3. The molecule has 2 heterocycles. The predicted molar refractivity (Wildman–Crippen MR) is 97.3 cm³/mol. The zero-order chi connectivity index (χ0) is 17.7. The number of aliphatic imine (C=N–C) groups is 1. The van der Waals surface area contributed by atoms with Crippen molar-refractivity contribution in [3.63, 3.8) is 0 Å². The summed E-state index contributed by atoms with van der Waals surface area (Å²) in [6, 6.07) is 11.7. The average molecular weight is 324 g/mol. The molecule has 5 nitrogen and oxygen atoms in total. The maximum Gasteiger partial charge on any atom is 0.234 e. The molecule has 2 N–H and O–H groups in total. The Kier molecular flexibility index (Phi) is 5.68. The predicted octanol–water partition coefficient (Wildman–Crippen LogP) is 3.24. The molecule has 1 aliphatic rings. The van der Waals surface area contributed by atoms with Crippen molar-refractivity contribution in [3.8, 4) is 11.1 Å². The van der Waals surface area contributed by atoms with Gasteiger partial charge in [-0.1, -0.05) is 45.0 Å². The summed E-state index contributed by atoms with van der Waals surface area (Å²) in [5, 5.41) is 0. The number of pyridine rings is 1. The first-order valence-corrected chi connectivity index (χ1v) is 8.19. The first-order valence-electron chi connectivity index (χ1n) is 8.19. The van der Waals surface area contributed by atoms with Crippen LogP contribution in [0.5, 0.6) is 0 Å². The van der Waals surface area contributed by atoms with E-state index < -0.39 is 0 Å². The topological polar surface area (TPSA) is 71.6 Å². The summed E-state index contributed by atoms with van der Waals surface area (Å²) in [4.78, 5) is 22.3. The van der Waals surface area contributed by atoms with Crippen LogP contribution in [-0.4, -0.2) is 28.8 Å². The number of hydrogen-bond donors (Lipinski definition) is 1. The maximum atomic E-state index is 12.2. The Hall–Kier alpha value is -2.69. The number of amides is 1. The third-order valence-corrected chi connectivity index (χ3v) is 4.03. The van der Waals surface area contributed by atoms with E-state index in [9.17, 15) is 4.79 Å². The summed E-state index contributed by atoms with van der Waals surface area (Å²) < 4.78 is 0. The summed E-state index contributed by atoms with van der Waals surface area (Å²) in [5.41, 5.74) is 8.93. The molecular weight excluding hydrogens is 300 g/mol. The molecule has 0 spiro atoms. The van der Waals surface area contributed by atoms with Gasteiger partial charge in [0.25, 0.3) is 0 Å². The molecule has 1 aromatic carbocycles. The Labute approximate surface area is 143 Å². The van der Waals surface area contributed by atoms with Gasteiger partial charge in [-0.15, -0.1) is 0 Å². The fourth-order valence-corrected chi connectivity index (χ4v) is 2.69. The van der Waals surface area contributed by atoms with Crippen LogP contribution in [0, 0.1) is 5.92 Å². The van der Waals surface area contributed by atoms with Crippen molar-refractivity contribution in [2.45, 2.75) is 26.8 Å². The lowest BCUT2D eigenvalue weighted by Gasteiger charge is -2.31. The summed E-state index contributed by atoms with van der Waals surface area (Å²) >= 11 is 0. The highest BCUT2D eigenvalue weighted by atomic mass is 16.2. The largest absolute Gasteiger partial charge is 0.369 e. The summed E-state index contributed by atoms with van der Waals surface area (Å²) in [5.74, 6) is 0.0191. The van der Waals surface area contributed by atoms with Gasteiger partial charge in [0.2, 0.25) is 5.91 Å². The van der Waals surface area contributed by atoms with Gasteiger partial charge in [0.15, 0.2) is 5.96 Å². The normalized spacial score (nSPS) is 20.1. The van der Waals surface area contributed by atoms with E-state index in [1.165, 1.54) is 4.90 Å². The van der Waals surface area contributed by atoms with Gasteiger partial charge in [0.05, 0.1) is 12.0 Å². The highest BCUT2D eigenvalue weighted by Crippen LogP contribution is 2.32. The van der Waals surface area contributed by atoms with Gasteiger partial charge >= 0.3 is 0 Å². The average Bonchev–Trinajstić information content (AvgIpc) is 2.65. The molecule has 0 bridgehead atoms. The van der Waals surface area contributed by atoms with Crippen molar-refractivity contribution in [2.24, 2.45) is 16.6 Å². The molecule has 126 valence electrons. The van der Waals surface area contributed by atoms with Crippen LogP contribution in [0.4, 0.5) is 0 Å². The number of carbonyl (C=O) groups is 1. The number of guanidine groups is 1. The van der Waals surface area contributed by atoms with Gasteiger partial charge in [0, 0.05) is 19.4 Å². The van der Waals surface area contributed by atoms with Crippen LogP contribution in [0.15, 0.2) is 53.8 Å². The second-order valence-corrected chi connectivity index (χ2v) is 5.49. The van der Waals surface area contributed by atoms with Crippen LogP contribution in [0.2, 0.25) is 0 Å². The van der Waals surface area contributed by atoms with Gasteiger partial charge in [-0.3, -0.25) is 14.7 Å². The molecule has 0 fully saturated rings. The molecular formula is C19H24N4O. The van der Waals surface area contributed by atoms with E-state index in [1.807, 2.05) is 63.4 Å². The van der Waals surface area contributed by atoms with Crippen LogP contribution >= 0.6 is 0 Å². The number of rotatable bonds is 2. The monoisotopic (exact) mass is 324 g/mol. The lowest BCUT2D eigenvalue weighted by Crippen LogP contribution is -2.46. The number of benzene rings is 1. The number of nitrogens with two attached hydrogens (primary N) is 1. The van der Waals surface area contributed by atoms with E-state index >= 15 is 0 Å². The first kappa shape index (κ1) is 17.7. The Morgan fingerprint density at radius 3 is 2.50 bits per heavy atom. The Morgan fingerprint density at radius 2 is 1.83 bits per heavy atom. The molecule has 1 aromatic heterocycles. The minimum atomic E-state index is -0.250. The standard InChI is InChI=1S/C17H18N4O.C2H6/c1-11-15(20-17(18)21(2)16(11)22)13-6-3-5-12(9-13)14-7-4-8-19-10-14;1-2/h3-11,15H,1-2H3,(H2,18,20);1-2H3. The van der Waals surface area contributed by atoms with Gasteiger partial charge in [0.1, 0.15) is 0 Å². The highest BCUT2D eigenvalue weighted by molar-refractivity contribution is 5.99. The van der Waals surface area contributed by atoms with Crippen molar-refractivity contribution >= 4 is 11.9 Å². The van der Waals surface area contributed by atoms with Gasteiger partial charge in [-0.25, -0.2) is 4.99 Å². The molecule has 0 saturated carbocycles. The van der Waals surface area contributed by atoms with E-state index in [4.69, 9.17) is 5.73 Å². The molecule has 1 aliphatic heterocycles. The molecule has 2 unspecified atom stereocenters. The van der Waals surface area contributed by atoms with Crippen LogP contribution in [0.25, 0.3) is 11.1 Å². The third kappa shape index (κ3) is 3.45. The maximum absolute atomic E-state index is 12.2. The zero-order valence-corrected chi connectivity index (χ0v) is 14.6. The third-order valence-electron chi connectivity index (χ3n) is 4.03. The Balaban J connectivity index is 0.00000100. The van der Waals surface area contributed by atoms with Crippen molar-refractivity contribution < 1.29 is 4.79 Å². The van der Waals surface area contributed by atoms with E-state index in [0.717, 1.165) is 16.7 Å². The summed E-state index contributed by atoms with van der Waals surface area (Å²) in [6.45, 7) is 5.89. The van der Waals surface area contributed by atoms with Crippen LogP contribution in [0.3, 0.4) is 0 Å². The molecule has 3 rings (SSSR count). The molecule has 0 saturated heterocycles. The zero-order valence-electron chi connectivity index (χ0n) is 14.6. The fourth-order valence-electron chi connectivity index (χ4n) is 2.69. The number of carbonyl (C=O) groups excluding carboxylic acids is 1. The lowest BCUT2D eigenvalue weighted by molar-refractivity contribution is -0.131. The van der Waals surface area contributed by atoms with Crippen LogP contribution in [-0.2, 0) is 4.79 Å². The quantitative estimate of drug-likeness (QED) is 0.922. The van der Waals surface area contributed by atoms with Crippen molar-refractivity contribution in [3.05, 3.63) is 54.4 Å². The summed E-state index contributed by atoms with van der Waals surface area (Å²) in [7, 11) is 1.65. The second-order valence-electron chi connectivity index (χ2n) is 5.49. The van der Waals surface area contributed by atoms with Gasteiger partial charge in [-0.2, -0.15) is 0 Å². The van der Waals surface area contributed by atoms with Gasteiger partial charge in [-0.05, 0) is 28.8 Å². The molecule has 2 aromatic rings. The highest BCUT2D eigenvalue weighted by Gasteiger charge is 2.33. The van der Waals surface area contributed by atoms with Crippen molar-refractivity contribution in [2.75, 3.05) is 7.05 Å². The fraction of sp³-hybridized carbons (Fsp3) is 0.316. The van der Waals surface area contributed by atoms with Crippen LogP contribution < -0.4 is 5.73 Å². The molecule has 24 heavy (non-hydrogen) atoms. The molecule has 0 aliphatic carbocycles. The van der Waals surface area contributed by atoms with Crippen molar-refractivity contribution in [1.82, 2.24) is 9.88 Å². The Morgan fingerprint density at radius 1 is 1.12 bits per heavy atom. The van der Waals surface area contributed by atoms with Crippen LogP contribution in [0.1, 0.15) is 32.4 Å². The summed E-state index contributed by atoms with van der Waals surface area (Å²) in [6.07, 6.45) is 3.57. The lowest BCUT2D eigenvalue weighted by atomic mass is 9.91. The molecule has 0 radical (unpaired) electrons. The number of hydrogen-bond acceptors (Lipinski definition) is 4. The van der Waals surface area contributed by atoms with E-state index in [-0.39, 0.29) is 23.8 Å². The number of aromatic nitrogens is 1. The molecule has 5 heteroatoms. The SMILES string of the molecule is CC.CC1C(=O)N(C)C(N)=NC1c1cccc(-c2cccnc2)c1. The van der Waals surface area contributed by atoms with Crippen molar-refractivity contribution in [1.29, 1.82) is 0 Å². The minimum absolute atomic E-state index is 0.00993. The van der Waals surface area contributed by atoms with E-state index in [0.29, 0.717) is 0 Å². The molecule has 1 amide bonds. The van der Waals surface area contributed by atoms with E-state index in [2.05, 4.69) is 9.98 Å². The first-order chi connectivity index (χ1) is 11.6.